The fourth-order valence-corrected chi connectivity index (χ4v) is 2.17. The molecule has 0 bridgehead atoms. The number of nitrogens with two attached hydrogens (primary N) is 1. The van der Waals surface area contributed by atoms with Gasteiger partial charge >= 0.3 is 0 Å². The second kappa shape index (κ2) is 2.89. The summed E-state index contributed by atoms with van der Waals surface area (Å²) in [4.78, 5) is 0. The molecule has 1 heterocycles. The van der Waals surface area contributed by atoms with Crippen molar-refractivity contribution in [3.63, 3.8) is 0 Å². The maximum Gasteiger partial charge on any atom is 0.161 e. The molecule has 1 aromatic rings. The van der Waals surface area contributed by atoms with Crippen molar-refractivity contribution in [1.29, 1.82) is 0 Å². The van der Waals surface area contributed by atoms with Crippen LogP contribution in [0.15, 0.2) is 12.1 Å². The highest BCUT2D eigenvalue weighted by molar-refractivity contribution is 5.50. The second-order valence-corrected chi connectivity index (χ2v) is 3.84. The van der Waals surface area contributed by atoms with E-state index in [4.69, 9.17) is 15.2 Å². The van der Waals surface area contributed by atoms with E-state index in [2.05, 4.69) is 6.07 Å². The van der Waals surface area contributed by atoms with E-state index in [0.29, 0.717) is 13.2 Å². The van der Waals surface area contributed by atoms with Crippen molar-refractivity contribution in [1.82, 2.24) is 0 Å². The molecule has 1 aliphatic carbocycles. The molecule has 2 aliphatic rings. The van der Waals surface area contributed by atoms with Gasteiger partial charge in [0.05, 0.1) is 0 Å². The van der Waals surface area contributed by atoms with Gasteiger partial charge in [0.1, 0.15) is 13.2 Å². The number of fused-ring (bicyclic) bond motifs is 2. The summed E-state index contributed by atoms with van der Waals surface area (Å²) in [6, 6.07) is 4.30. The molecule has 1 atom stereocenters. The lowest BCUT2D eigenvalue weighted by atomic mass is 10.1. The van der Waals surface area contributed by atoms with Gasteiger partial charge < -0.3 is 15.2 Å². The van der Waals surface area contributed by atoms with E-state index in [-0.39, 0.29) is 6.04 Å². The van der Waals surface area contributed by atoms with Gasteiger partial charge in [-0.15, -0.1) is 0 Å². The second-order valence-electron chi connectivity index (χ2n) is 3.84. The fourth-order valence-electron chi connectivity index (χ4n) is 2.17. The zero-order valence-corrected chi connectivity index (χ0v) is 7.95. The molecule has 0 unspecified atom stereocenters. The van der Waals surface area contributed by atoms with E-state index in [9.17, 15) is 0 Å². The van der Waals surface area contributed by atoms with E-state index < -0.39 is 0 Å². The maximum absolute atomic E-state index is 5.98. The highest BCUT2D eigenvalue weighted by Crippen LogP contribution is 2.39. The molecule has 0 saturated heterocycles. The van der Waals surface area contributed by atoms with Crippen LogP contribution in [0.4, 0.5) is 0 Å². The Balaban J connectivity index is 2.11. The lowest BCUT2D eigenvalue weighted by Crippen LogP contribution is -2.16. The first kappa shape index (κ1) is 8.12. The van der Waals surface area contributed by atoms with Gasteiger partial charge in [-0.3, -0.25) is 0 Å². The van der Waals surface area contributed by atoms with Crippen LogP contribution in [0.1, 0.15) is 23.6 Å². The van der Waals surface area contributed by atoms with Crippen molar-refractivity contribution in [3.05, 3.63) is 23.3 Å². The number of hydrogen-bond donors (Lipinski definition) is 1. The molecule has 0 spiro atoms. The molecule has 3 rings (SSSR count). The van der Waals surface area contributed by atoms with Crippen molar-refractivity contribution in [3.8, 4) is 11.5 Å². The number of aryl methyl sites for hydroxylation is 1. The molecule has 0 fully saturated rings. The van der Waals surface area contributed by atoms with Gasteiger partial charge in [-0.2, -0.15) is 0 Å². The molecule has 2 N–H and O–H groups in total. The third-order valence-electron chi connectivity index (χ3n) is 2.93. The first-order valence-corrected chi connectivity index (χ1v) is 5.02. The minimum Gasteiger partial charge on any atom is -0.486 e. The van der Waals surface area contributed by atoms with Crippen LogP contribution in [-0.4, -0.2) is 13.2 Å². The molecule has 0 radical (unpaired) electrons. The molecular formula is C11H13NO2. The van der Waals surface area contributed by atoms with Crippen LogP contribution in [0, 0.1) is 0 Å². The third-order valence-corrected chi connectivity index (χ3v) is 2.93. The van der Waals surface area contributed by atoms with Crippen LogP contribution in [0.2, 0.25) is 0 Å². The summed E-state index contributed by atoms with van der Waals surface area (Å²) in [5.41, 5.74) is 8.53. The highest BCUT2D eigenvalue weighted by Gasteiger charge is 2.23. The summed E-state index contributed by atoms with van der Waals surface area (Å²) in [5, 5.41) is 0. The predicted octanol–water partition coefficient (Wildman–Crippen LogP) is 1.40. The Morgan fingerprint density at radius 1 is 1.14 bits per heavy atom. The minimum absolute atomic E-state index is 0.181. The standard InChI is InChI=1S/C11H13NO2/c12-9-2-1-7-5-10-11(6-8(7)9)14-4-3-13-10/h5-6,9H,1-4,12H2/t9-/m0/s1. The van der Waals surface area contributed by atoms with E-state index in [0.717, 1.165) is 24.3 Å². The third kappa shape index (κ3) is 1.09. The van der Waals surface area contributed by atoms with Gasteiger partial charge in [0.25, 0.3) is 0 Å². The molecule has 0 aromatic heterocycles. The lowest BCUT2D eigenvalue weighted by Gasteiger charge is -2.20. The van der Waals surface area contributed by atoms with Gasteiger partial charge in [-0.05, 0) is 36.1 Å². The van der Waals surface area contributed by atoms with Crippen LogP contribution in [0.5, 0.6) is 11.5 Å². The monoisotopic (exact) mass is 191 g/mol. The van der Waals surface area contributed by atoms with Gasteiger partial charge in [0, 0.05) is 6.04 Å². The van der Waals surface area contributed by atoms with Crippen LogP contribution in [-0.2, 0) is 6.42 Å². The summed E-state index contributed by atoms with van der Waals surface area (Å²) in [7, 11) is 0. The zero-order chi connectivity index (χ0) is 9.54. The summed E-state index contributed by atoms with van der Waals surface area (Å²) in [6.45, 7) is 1.29. The Hall–Kier alpha value is -1.22. The topological polar surface area (TPSA) is 44.5 Å². The summed E-state index contributed by atoms with van der Waals surface area (Å²) >= 11 is 0. The Kier molecular flexibility index (Phi) is 1.67. The average Bonchev–Trinajstić information content (AvgIpc) is 2.57. The summed E-state index contributed by atoms with van der Waals surface area (Å²) in [5.74, 6) is 1.73. The quantitative estimate of drug-likeness (QED) is 0.674. The first-order valence-electron chi connectivity index (χ1n) is 5.02. The normalized spacial score (nSPS) is 23.4. The Morgan fingerprint density at radius 3 is 2.64 bits per heavy atom. The Labute approximate surface area is 82.8 Å². The van der Waals surface area contributed by atoms with Crippen LogP contribution < -0.4 is 15.2 Å². The predicted molar refractivity (Wildman–Crippen MR) is 52.7 cm³/mol. The highest BCUT2D eigenvalue weighted by atomic mass is 16.6. The lowest BCUT2D eigenvalue weighted by molar-refractivity contribution is 0.171. The van der Waals surface area contributed by atoms with Crippen LogP contribution in [0.25, 0.3) is 0 Å². The van der Waals surface area contributed by atoms with E-state index in [1.807, 2.05) is 6.07 Å². The number of hydrogen-bond acceptors (Lipinski definition) is 3. The van der Waals surface area contributed by atoms with Crippen LogP contribution in [0.3, 0.4) is 0 Å². The Morgan fingerprint density at radius 2 is 1.86 bits per heavy atom. The van der Waals surface area contributed by atoms with Crippen molar-refractivity contribution >= 4 is 0 Å². The van der Waals surface area contributed by atoms with E-state index >= 15 is 0 Å². The largest absolute Gasteiger partial charge is 0.486 e. The number of rotatable bonds is 0. The van der Waals surface area contributed by atoms with Crippen molar-refractivity contribution in [2.75, 3.05) is 13.2 Å². The van der Waals surface area contributed by atoms with E-state index in [1.54, 1.807) is 0 Å². The molecule has 0 amide bonds. The van der Waals surface area contributed by atoms with Gasteiger partial charge in [0.15, 0.2) is 11.5 Å². The fraction of sp³-hybridized carbons (Fsp3) is 0.455. The van der Waals surface area contributed by atoms with Crippen molar-refractivity contribution in [2.45, 2.75) is 18.9 Å². The maximum atomic E-state index is 5.98. The zero-order valence-electron chi connectivity index (χ0n) is 7.95. The van der Waals surface area contributed by atoms with Gasteiger partial charge in [-0.25, -0.2) is 0 Å². The minimum atomic E-state index is 0.181. The smallest absolute Gasteiger partial charge is 0.161 e. The average molecular weight is 191 g/mol. The molecule has 3 heteroatoms. The van der Waals surface area contributed by atoms with Crippen molar-refractivity contribution < 1.29 is 9.47 Å². The summed E-state index contributed by atoms with van der Waals surface area (Å²) in [6.07, 6.45) is 2.10. The van der Waals surface area contributed by atoms with Crippen LogP contribution >= 0.6 is 0 Å². The molecule has 1 aliphatic heterocycles. The van der Waals surface area contributed by atoms with E-state index in [1.165, 1.54) is 11.1 Å². The molecule has 0 saturated carbocycles. The molecule has 74 valence electrons. The molecule has 3 nitrogen and oxygen atoms in total. The Bertz CT molecular complexity index is 375. The van der Waals surface area contributed by atoms with Gasteiger partial charge in [0.2, 0.25) is 0 Å². The first-order chi connectivity index (χ1) is 6.84. The molecule has 14 heavy (non-hydrogen) atoms. The van der Waals surface area contributed by atoms with Gasteiger partial charge in [-0.1, -0.05) is 0 Å². The number of ether oxygens (including phenoxy) is 2. The molecular weight excluding hydrogens is 178 g/mol. The number of benzene rings is 1. The molecule has 1 aromatic carbocycles. The van der Waals surface area contributed by atoms with Crippen molar-refractivity contribution in [2.24, 2.45) is 5.73 Å². The SMILES string of the molecule is N[C@H]1CCc2cc3c(cc21)OCCO3. The summed E-state index contributed by atoms with van der Waals surface area (Å²) < 4.78 is 11.0.